The van der Waals surface area contributed by atoms with Crippen molar-refractivity contribution in [3.8, 4) is 0 Å². The van der Waals surface area contributed by atoms with Gasteiger partial charge in [-0.1, -0.05) is 59.1 Å². The smallest absolute Gasteiger partial charge is 0.102 e. The van der Waals surface area contributed by atoms with E-state index in [-0.39, 0.29) is 6.10 Å². The Morgan fingerprint density at radius 3 is 2.58 bits per heavy atom. The Hall–Kier alpha value is -1.52. The summed E-state index contributed by atoms with van der Waals surface area (Å²) in [6.45, 7) is 0.976. The van der Waals surface area contributed by atoms with E-state index in [1.807, 2.05) is 47.2 Å². The molecule has 0 saturated heterocycles. The monoisotopic (exact) mass is 380 g/mol. The second-order valence-electron chi connectivity index (χ2n) is 5.32. The summed E-state index contributed by atoms with van der Waals surface area (Å²) in [5.74, 6) is 0. The molecule has 0 spiro atoms. The third-order valence-corrected chi connectivity index (χ3v) is 4.57. The summed E-state index contributed by atoms with van der Waals surface area (Å²) >= 11 is 18.6. The van der Waals surface area contributed by atoms with Crippen LogP contribution in [0, 0.1) is 0 Å². The predicted octanol–water partition coefficient (Wildman–Crippen LogP) is 5.80. The summed E-state index contributed by atoms with van der Waals surface area (Å²) < 4.78 is 8.08. The molecule has 3 aromatic rings. The van der Waals surface area contributed by atoms with E-state index < -0.39 is 0 Å². The molecule has 0 fully saturated rings. The molecule has 0 radical (unpaired) electrons. The predicted molar refractivity (Wildman–Crippen MR) is 97.7 cm³/mol. The summed E-state index contributed by atoms with van der Waals surface area (Å²) in [6, 6.07) is 13.0. The van der Waals surface area contributed by atoms with E-state index in [1.165, 1.54) is 0 Å². The molecular formula is C18H15Cl3N2O. The molecule has 2 aromatic carbocycles. The standard InChI is InChI=1S/C18H15Cl3N2O/c19-14-5-6-15(17(21)9-14)18(10-23-8-7-22-12-23)24-11-13-3-1-2-4-16(13)20/h1-9,12,18H,10-11H2/t18-/m0/s1. The highest BCUT2D eigenvalue weighted by molar-refractivity contribution is 6.35. The van der Waals surface area contributed by atoms with Crippen molar-refractivity contribution in [1.82, 2.24) is 9.55 Å². The highest BCUT2D eigenvalue weighted by atomic mass is 35.5. The van der Waals surface area contributed by atoms with Gasteiger partial charge in [0.15, 0.2) is 0 Å². The number of nitrogens with zero attached hydrogens (tertiary/aromatic N) is 2. The van der Waals surface area contributed by atoms with Crippen LogP contribution in [0.3, 0.4) is 0 Å². The van der Waals surface area contributed by atoms with E-state index in [0.29, 0.717) is 28.2 Å². The van der Waals surface area contributed by atoms with Gasteiger partial charge >= 0.3 is 0 Å². The van der Waals surface area contributed by atoms with Crippen molar-refractivity contribution in [3.63, 3.8) is 0 Å². The van der Waals surface area contributed by atoms with Gasteiger partial charge < -0.3 is 9.30 Å². The van der Waals surface area contributed by atoms with Gasteiger partial charge in [-0.05, 0) is 23.8 Å². The Morgan fingerprint density at radius 1 is 1.04 bits per heavy atom. The van der Waals surface area contributed by atoms with Crippen LogP contribution in [0.1, 0.15) is 17.2 Å². The first-order valence-corrected chi connectivity index (χ1v) is 8.52. The Balaban J connectivity index is 1.83. The average molecular weight is 382 g/mol. The number of rotatable bonds is 6. The van der Waals surface area contributed by atoms with Gasteiger partial charge in [-0.2, -0.15) is 0 Å². The SMILES string of the molecule is Clc1ccc([C@H](Cn2ccnc2)OCc2ccccc2Cl)c(Cl)c1. The molecule has 0 bridgehead atoms. The molecule has 1 atom stereocenters. The maximum atomic E-state index is 6.36. The van der Waals surface area contributed by atoms with Crippen LogP contribution >= 0.6 is 34.8 Å². The quantitative estimate of drug-likeness (QED) is 0.539. The third-order valence-electron chi connectivity index (χ3n) is 3.64. The van der Waals surface area contributed by atoms with Crippen LogP contribution in [0.2, 0.25) is 15.1 Å². The zero-order chi connectivity index (χ0) is 16.9. The number of halogens is 3. The number of hydrogen-bond donors (Lipinski definition) is 0. The second-order valence-corrected chi connectivity index (χ2v) is 6.57. The van der Waals surface area contributed by atoms with Gasteiger partial charge in [0.25, 0.3) is 0 Å². The van der Waals surface area contributed by atoms with Crippen LogP contribution in [-0.2, 0) is 17.9 Å². The molecule has 0 aliphatic heterocycles. The van der Waals surface area contributed by atoms with Crippen LogP contribution in [-0.4, -0.2) is 9.55 Å². The van der Waals surface area contributed by atoms with Crippen molar-refractivity contribution < 1.29 is 4.74 Å². The van der Waals surface area contributed by atoms with E-state index in [1.54, 1.807) is 18.6 Å². The molecule has 3 nitrogen and oxygen atoms in total. The highest BCUT2D eigenvalue weighted by Crippen LogP contribution is 2.31. The van der Waals surface area contributed by atoms with E-state index in [2.05, 4.69) is 4.98 Å². The molecule has 124 valence electrons. The molecule has 0 aliphatic carbocycles. The van der Waals surface area contributed by atoms with E-state index in [4.69, 9.17) is 39.5 Å². The summed E-state index contributed by atoms with van der Waals surface area (Å²) in [5, 5.41) is 1.85. The van der Waals surface area contributed by atoms with Gasteiger partial charge in [0, 0.05) is 33.0 Å². The van der Waals surface area contributed by atoms with Crippen molar-refractivity contribution >= 4 is 34.8 Å². The third kappa shape index (κ3) is 4.31. The summed E-state index contributed by atoms with van der Waals surface area (Å²) in [4.78, 5) is 4.07. The first-order valence-electron chi connectivity index (χ1n) is 7.39. The maximum absolute atomic E-state index is 6.36. The first-order chi connectivity index (χ1) is 11.6. The van der Waals surface area contributed by atoms with Gasteiger partial charge in [0.05, 0.1) is 19.5 Å². The molecule has 3 rings (SSSR count). The Morgan fingerprint density at radius 2 is 1.88 bits per heavy atom. The fourth-order valence-corrected chi connectivity index (χ4v) is 3.12. The number of aromatic nitrogens is 2. The number of ether oxygens (including phenoxy) is 1. The summed E-state index contributed by atoms with van der Waals surface area (Å²) in [7, 11) is 0. The molecule has 1 aromatic heterocycles. The number of hydrogen-bond acceptors (Lipinski definition) is 2. The van der Waals surface area contributed by atoms with Crippen LogP contribution < -0.4 is 0 Å². The Bertz CT molecular complexity index is 806. The molecule has 0 unspecified atom stereocenters. The lowest BCUT2D eigenvalue weighted by molar-refractivity contribution is 0.0281. The highest BCUT2D eigenvalue weighted by Gasteiger charge is 2.17. The topological polar surface area (TPSA) is 27.1 Å². The Kier molecular flexibility index (Phi) is 5.80. The zero-order valence-corrected chi connectivity index (χ0v) is 15.0. The summed E-state index contributed by atoms with van der Waals surface area (Å²) in [6.07, 6.45) is 5.11. The van der Waals surface area contributed by atoms with Crippen molar-refractivity contribution in [2.45, 2.75) is 19.3 Å². The largest absolute Gasteiger partial charge is 0.367 e. The van der Waals surface area contributed by atoms with Crippen molar-refractivity contribution in [3.05, 3.63) is 87.4 Å². The van der Waals surface area contributed by atoms with E-state index in [9.17, 15) is 0 Å². The number of imidazole rings is 1. The normalized spacial score (nSPS) is 12.3. The lowest BCUT2D eigenvalue weighted by atomic mass is 10.1. The van der Waals surface area contributed by atoms with Crippen molar-refractivity contribution in [1.29, 1.82) is 0 Å². The first kappa shape index (κ1) is 17.3. The lowest BCUT2D eigenvalue weighted by Gasteiger charge is -2.20. The van der Waals surface area contributed by atoms with Gasteiger partial charge in [0.1, 0.15) is 6.10 Å². The molecule has 0 amide bonds. The average Bonchev–Trinajstić information content (AvgIpc) is 3.06. The van der Waals surface area contributed by atoms with E-state index >= 15 is 0 Å². The van der Waals surface area contributed by atoms with Gasteiger partial charge in [0.2, 0.25) is 0 Å². The molecule has 0 saturated carbocycles. The van der Waals surface area contributed by atoms with Crippen LogP contribution in [0.5, 0.6) is 0 Å². The summed E-state index contributed by atoms with van der Waals surface area (Å²) in [5.41, 5.74) is 1.81. The van der Waals surface area contributed by atoms with Crippen LogP contribution in [0.15, 0.2) is 61.2 Å². The minimum atomic E-state index is -0.250. The molecule has 6 heteroatoms. The molecular weight excluding hydrogens is 367 g/mol. The Labute approximate surface area is 155 Å². The molecule has 24 heavy (non-hydrogen) atoms. The van der Waals surface area contributed by atoms with E-state index in [0.717, 1.165) is 11.1 Å². The van der Waals surface area contributed by atoms with Gasteiger partial charge in [-0.3, -0.25) is 0 Å². The van der Waals surface area contributed by atoms with Crippen molar-refractivity contribution in [2.75, 3.05) is 0 Å². The maximum Gasteiger partial charge on any atom is 0.102 e. The fourth-order valence-electron chi connectivity index (χ4n) is 2.40. The minimum Gasteiger partial charge on any atom is -0.367 e. The molecule has 1 heterocycles. The van der Waals surface area contributed by atoms with Crippen molar-refractivity contribution in [2.24, 2.45) is 0 Å². The lowest BCUT2D eigenvalue weighted by Crippen LogP contribution is -2.12. The zero-order valence-electron chi connectivity index (χ0n) is 12.7. The fraction of sp³-hybridized carbons (Fsp3) is 0.167. The van der Waals surface area contributed by atoms with Gasteiger partial charge in [-0.25, -0.2) is 4.98 Å². The molecule has 0 aliphatic rings. The van der Waals surface area contributed by atoms with Gasteiger partial charge in [-0.15, -0.1) is 0 Å². The van der Waals surface area contributed by atoms with Crippen LogP contribution in [0.4, 0.5) is 0 Å². The number of benzene rings is 2. The second kappa shape index (κ2) is 8.04. The van der Waals surface area contributed by atoms with Crippen LogP contribution in [0.25, 0.3) is 0 Å². The molecule has 0 N–H and O–H groups in total. The minimum absolute atomic E-state index is 0.250.